The molecule has 0 bridgehead atoms. The van der Waals surface area contributed by atoms with Crippen LogP contribution in [0.3, 0.4) is 0 Å². The third-order valence-electron chi connectivity index (χ3n) is 4.47. The quantitative estimate of drug-likeness (QED) is 0.755. The fourth-order valence-electron chi connectivity index (χ4n) is 3.13. The highest BCUT2D eigenvalue weighted by Crippen LogP contribution is 2.31. The second-order valence-corrected chi connectivity index (χ2v) is 7.18. The number of carbonyl (C=O) groups is 3. The molecule has 0 unspecified atom stereocenters. The molecule has 7 nitrogen and oxygen atoms in total. The molecule has 152 valence electrons. The van der Waals surface area contributed by atoms with Crippen molar-refractivity contribution >= 4 is 40.8 Å². The summed E-state index contributed by atoms with van der Waals surface area (Å²) in [4.78, 5) is 38.3. The van der Waals surface area contributed by atoms with Gasteiger partial charge in [-0.1, -0.05) is 23.7 Å². The van der Waals surface area contributed by atoms with Crippen LogP contribution in [-0.2, 0) is 19.1 Å². The first-order valence-electron chi connectivity index (χ1n) is 9.10. The van der Waals surface area contributed by atoms with Gasteiger partial charge in [0, 0.05) is 17.5 Å². The molecule has 0 fully saturated rings. The van der Waals surface area contributed by atoms with Crippen molar-refractivity contribution in [2.45, 2.75) is 26.3 Å². The summed E-state index contributed by atoms with van der Waals surface area (Å²) in [7, 11) is 0. The molecule has 0 aliphatic carbocycles. The molecule has 29 heavy (non-hydrogen) atoms. The van der Waals surface area contributed by atoms with E-state index in [-0.39, 0.29) is 25.0 Å². The molecule has 2 amide bonds. The van der Waals surface area contributed by atoms with Gasteiger partial charge in [0.15, 0.2) is 13.2 Å². The Morgan fingerprint density at radius 2 is 1.97 bits per heavy atom. The predicted molar refractivity (Wildman–Crippen MR) is 109 cm³/mol. The molecule has 1 N–H and O–H groups in total. The van der Waals surface area contributed by atoms with E-state index >= 15 is 0 Å². The maximum absolute atomic E-state index is 12.8. The molecule has 0 saturated carbocycles. The molecule has 2 aromatic rings. The minimum absolute atomic E-state index is 0.146. The van der Waals surface area contributed by atoms with E-state index in [1.165, 1.54) is 4.90 Å². The number of anilines is 2. The number of aryl methyl sites for hydroxylation is 1. The van der Waals surface area contributed by atoms with E-state index in [9.17, 15) is 14.4 Å². The number of halogens is 1. The van der Waals surface area contributed by atoms with Crippen LogP contribution in [0.5, 0.6) is 5.75 Å². The van der Waals surface area contributed by atoms with Crippen molar-refractivity contribution < 1.29 is 23.9 Å². The highest BCUT2D eigenvalue weighted by molar-refractivity contribution is 6.30. The number of fused-ring (bicyclic) bond motifs is 1. The average Bonchev–Trinajstić information content (AvgIpc) is 2.79. The Morgan fingerprint density at radius 1 is 1.21 bits per heavy atom. The largest absolute Gasteiger partial charge is 0.482 e. The zero-order valence-corrected chi connectivity index (χ0v) is 16.9. The molecule has 0 spiro atoms. The molecule has 1 aliphatic rings. The van der Waals surface area contributed by atoms with E-state index in [0.717, 1.165) is 5.56 Å². The molecular weight excluding hydrogens is 396 g/mol. The summed E-state index contributed by atoms with van der Waals surface area (Å²) in [5.41, 5.74) is 1.90. The molecule has 1 aliphatic heterocycles. The van der Waals surface area contributed by atoms with Gasteiger partial charge in [0.25, 0.3) is 5.91 Å². The fraction of sp³-hybridized carbons (Fsp3) is 0.286. The molecule has 2 aromatic carbocycles. The molecule has 0 radical (unpaired) electrons. The molecule has 8 heteroatoms. The van der Waals surface area contributed by atoms with Crippen LogP contribution in [0.15, 0.2) is 42.5 Å². The number of esters is 1. The lowest BCUT2D eigenvalue weighted by Crippen LogP contribution is -2.41. The number of nitrogens with zero attached hydrogens (tertiary/aromatic N) is 1. The van der Waals surface area contributed by atoms with E-state index in [0.29, 0.717) is 22.1 Å². The van der Waals surface area contributed by atoms with Gasteiger partial charge < -0.3 is 19.7 Å². The highest BCUT2D eigenvalue weighted by Gasteiger charge is 2.30. The van der Waals surface area contributed by atoms with Gasteiger partial charge in [-0.2, -0.15) is 0 Å². The number of amides is 2. The standard InChI is InChI=1S/C21H21ClN2O5/c1-13-9-15(22)7-8-18(13)28-12-21(27)29-11-20(26)24-14(2)10-19(25)23-16-5-3-4-6-17(16)24/h3-9,14H,10-12H2,1-2H3,(H,23,25)/t14-/m1/s1. The lowest BCUT2D eigenvalue weighted by Gasteiger charge is -2.27. The van der Waals surface area contributed by atoms with Crippen molar-refractivity contribution in [3.05, 3.63) is 53.1 Å². The Labute approximate surface area is 173 Å². The Hall–Kier alpha value is -3.06. The summed E-state index contributed by atoms with van der Waals surface area (Å²) in [6, 6.07) is 11.7. The zero-order chi connectivity index (χ0) is 21.0. The lowest BCUT2D eigenvalue weighted by molar-refractivity contribution is -0.150. The number of ether oxygens (including phenoxy) is 2. The number of hydrogen-bond donors (Lipinski definition) is 1. The molecular formula is C21H21ClN2O5. The van der Waals surface area contributed by atoms with Crippen LogP contribution in [0.25, 0.3) is 0 Å². The summed E-state index contributed by atoms with van der Waals surface area (Å²) in [5.74, 6) is -0.753. The number of carbonyl (C=O) groups excluding carboxylic acids is 3. The average molecular weight is 417 g/mol. The minimum Gasteiger partial charge on any atom is -0.482 e. The van der Waals surface area contributed by atoms with E-state index < -0.39 is 18.5 Å². The van der Waals surface area contributed by atoms with Gasteiger partial charge in [0.2, 0.25) is 5.91 Å². The Bertz CT molecular complexity index is 946. The minimum atomic E-state index is -0.669. The van der Waals surface area contributed by atoms with E-state index in [1.54, 1.807) is 49.4 Å². The first kappa shape index (κ1) is 20.7. The summed E-state index contributed by atoms with van der Waals surface area (Å²) in [6.45, 7) is 2.80. The number of rotatable bonds is 5. The van der Waals surface area contributed by atoms with Gasteiger partial charge in [0.1, 0.15) is 5.75 Å². The monoisotopic (exact) mass is 416 g/mol. The van der Waals surface area contributed by atoms with Crippen LogP contribution in [-0.4, -0.2) is 37.0 Å². The van der Waals surface area contributed by atoms with Gasteiger partial charge in [-0.05, 0) is 49.7 Å². The Morgan fingerprint density at radius 3 is 2.72 bits per heavy atom. The molecule has 0 saturated heterocycles. The highest BCUT2D eigenvalue weighted by atomic mass is 35.5. The van der Waals surface area contributed by atoms with Crippen molar-refractivity contribution in [3.8, 4) is 5.75 Å². The van der Waals surface area contributed by atoms with Crippen LogP contribution in [0, 0.1) is 6.92 Å². The van der Waals surface area contributed by atoms with Crippen molar-refractivity contribution in [2.24, 2.45) is 0 Å². The van der Waals surface area contributed by atoms with E-state index in [1.807, 2.05) is 6.92 Å². The number of nitrogens with one attached hydrogen (secondary N) is 1. The summed E-state index contributed by atoms with van der Waals surface area (Å²) in [5, 5.41) is 3.35. The maximum atomic E-state index is 12.8. The van der Waals surface area contributed by atoms with Crippen LogP contribution in [0.1, 0.15) is 18.9 Å². The van der Waals surface area contributed by atoms with Gasteiger partial charge in [0.05, 0.1) is 11.4 Å². The summed E-state index contributed by atoms with van der Waals surface area (Å²) >= 11 is 5.89. The molecule has 3 rings (SSSR count). The lowest BCUT2D eigenvalue weighted by atomic mass is 10.1. The maximum Gasteiger partial charge on any atom is 0.344 e. The first-order valence-corrected chi connectivity index (χ1v) is 9.48. The Kier molecular flexibility index (Phi) is 6.39. The first-order chi connectivity index (χ1) is 13.8. The predicted octanol–water partition coefficient (Wildman–Crippen LogP) is 3.33. The fourth-order valence-corrected chi connectivity index (χ4v) is 3.36. The molecule has 1 atom stereocenters. The van der Waals surface area contributed by atoms with Crippen molar-refractivity contribution in [1.82, 2.24) is 0 Å². The van der Waals surface area contributed by atoms with Gasteiger partial charge in [-0.15, -0.1) is 0 Å². The van der Waals surface area contributed by atoms with E-state index in [4.69, 9.17) is 21.1 Å². The van der Waals surface area contributed by atoms with Crippen molar-refractivity contribution in [1.29, 1.82) is 0 Å². The van der Waals surface area contributed by atoms with Gasteiger partial charge in [-0.25, -0.2) is 4.79 Å². The normalized spacial score (nSPS) is 15.8. The third-order valence-corrected chi connectivity index (χ3v) is 4.70. The molecule has 0 aromatic heterocycles. The summed E-state index contributed by atoms with van der Waals surface area (Å²) < 4.78 is 10.5. The van der Waals surface area contributed by atoms with E-state index in [2.05, 4.69) is 5.32 Å². The van der Waals surface area contributed by atoms with Gasteiger partial charge in [-0.3, -0.25) is 9.59 Å². The summed E-state index contributed by atoms with van der Waals surface area (Å²) in [6.07, 6.45) is 0.146. The van der Waals surface area contributed by atoms with Gasteiger partial charge >= 0.3 is 5.97 Å². The smallest absolute Gasteiger partial charge is 0.344 e. The second-order valence-electron chi connectivity index (χ2n) is 6.74. The Balaban J connectivity index is 1.61. The van der Waals surface area contributed by atoms with Crippen LogP contribution < -0.4 is 15.0 Å². The number of benzene rings is 2. The van der Waals surface area contributed by atoms with Crippen LogP contribution >= 0.6 is 11.6 Å². The molecule has 1 heterocycles. The number of hydrogen-bond acceptors (Lipinski definition) is 5. The zero-order valence-electron chi connectivity index (χ0n) is 16.1. The topological polar surface area (TPSA) is 84.9 Å². The SMILES string of the molecule is Cc1cc(Cl)ccc1OCC(=O)OCC(=O)N1c2ccccc2NC(=O)C[C@H]1C. The van der Waals surface area contributed by atoms with Crippen LogP contribution in [0.2, 0.25) is 5.02 Å². The second kappa shape index (κ2) is 8.96. The van der Waals surface area contributed by atoms with Crippen LogP contribution in [0.4, 0.5) is 11.4 Å². The van der Waals surface area contributed by atoms with Crippen molar-refractivity contribution in [3.63, 3.8) is 0 Å². The third kappa shape index (κ3) is 5.06. The number of para-hydroxylation sites is 2. The van der Waals surface area contributed by atoms with Crippen molar-refractivity contribution in [2.75, 3.05) is 23.4 Å².